The van der Waals surface area contributed by atoms with Crippen LogP contribution >= 0.6 is 0 Å². The van der Waals surface area contributed by atoms with Crippen LogP contribution in [-0.2, 0) is 14.8 Å². The largest absolute Gasteiger partial charge is 0.481 e. The van der Waals surface area contributed by atoms with Crippen molar-refractivity contribution in [1.82, 2.24) is 8.96 Å². The molecule has 1 aliphatic rings. The number of nitrogens with zero attached hydrogens (tertiary/aromatic N) is 3. The highest BCUT2D eigenvalue weighted by atomic mass is 32.2. The van der Waals surface area contributed by atoms with E-state index in [1.165, 1.54) is 24.4 Å². The normalized spacial score (nSPS) is 18.7. The maximum Gasteiger partial charge on any atom is 0.311 e. The second-order valence-corrected chi connectivity index (χ2v) is 9.11. The average molecular weight is 430 g/mol. The van der Waals surface area contributed by atoms with E-state index in [4.69, 9.17) is 5.11 Å². The van der Waals surface area contributed by atoms with Gasteiger partial charge >= 0.3 is 11.7 Å². The second-order valence-electron chi connectivity index (χ2n) is 7.29. The number of carboxylic acids is 1. The standard InChI is InChI=1S/C19H18N4O6S/c1-11-2-4-14(5-3-11)30(28,29)22-7-6-15-17(16(23(26)27)10-20-18(15)22)21-13-8-12(9-13)19(24)25/h2-7,10,12-13H,8-9H2,1H3,(H,20,21)(H,24,25). The quantitative estimate of drug-likeness (QED) is 0.449. The first-order chi connectivity index (χ1) is 14.2. The van der Waals surface area contributed by atoms with Crippen molar-refractivity contribution in [2.75, 3.05) is 5.32 Å². The van der Waals surface area contributed by atoms with E-state index in [9.17, 15) is 23.3 Å². The monoisotopic (exact) mass is 430 g/mol. The van der Waals surface area contributed by atoms with Crippen LogP contribution in [0, 0.1) is 23.0 Å². The van der Waals surface area contributed by atoms with Crippen molar-refractivity contribution in [3.63, 3.8) is 0 Å². The minimum Gasteiger partial charge on any atom is -0.481 e. The van der Waals surface area contributed by atoms with Gasteiger partial charge in [-0.25, -0.2) is 17.4 Å². The van der Waals surface area contributed by atoms with Gasteiger partial charge in [0.1, 0.15) is 11.9 Å². The van der Waals surface area contributed by atoms with Crippen LogP contribution < -0.4 is 5.32 Å². The van der Waals surface area contributed by atoms with Crippen molar-refractivity contribution in [3.8, 4) is 0 Å². The lowest BCUT2D eigenvalue weighted by Crippen LogP contribution is -2.39. The summed E-state index contributed by atoms with van der Waals surface area (Å²) in [5.74, 6) is -1.40. The number of fused-ring (bicyclic) bond motifs is 1. The summed E-state index contributed by atoms with van der Waals surface area (Å²) in [7, 11) is -3.95. The van der Waals surface area contributed by atoms with E-state index in [1.54, 1.807) is 12.1 Å². The van der Waals surface area contributed by atoms with Crippen molar-refractivity contribution in [3.05, 3.63) is 58.4 Å². The predicted molar refractivity (Wildman–Crippen MR) is 108 cm³/mol. The smallest absolute Gasteiger partial charge is 0.311 e. The van der Waals surface area contributed by atoms with E-state index in [2.05, 4.69) is 10.3 Å². The summed E-state index contributed by atoms with van der Waals surface area (Å²) in [6.45, 7) is 1.84. The molecule has 30 heavy (non-hydrogen) atoms. The summed E-state index contributed by atoms with van der Waals surface area (Å²) in [6.07, 6.45) is 2.99. The van der Waals surface area contributed by atoms with E-state index in [0.29, 0.717) is 12.8 Å². The first-order valence-corrected chi connectivity index (χ1v) is 10.6. The molecule has 0 unspecified atom stereocenters. The van der Waals surface area contributed by atoms with Crippen molar-refractivity contribution < 1.29 is 23.2 Å². The molecular formula is C19H18N4O6S. The molecule has 4 rings (SSSR count). The van der Waals surface area contributed by atoms with E-state index < -0.39 is 26.8 Å². The minimum absolute atomic E-state index is 0.0535. The van der Waals surface area contributed by atoms with Crippen molar-refractivity contribution in [2.45, 2.75) is 30.7 Å². The Morgan fingerprint density at radius 1 is 1.27 bits per heavy atom. The number of hydrogen-bond donors (Lipinski definition) is 2. The predicted octanol–water partition coefficient (Wildman–Crippen LogP) is 2.77. The average Bonchev–Trinajstić information content (AvgIpc) is 3.09. The Bertz CT molecular complexity index is 1260. The number of aliphatic carboxylic acids is 1. The molecule has 2 heterocycles. The number of pyridine rings is 1. The summed E-state index contributed by atoms with van der Waals surface area (Å²) in [4.78, 5) is 26.0. The van der Waals surface area contributed by atoms with Gasteiger partial charge in [0.2, 0.25) is 0 Å². The van der Waals surface area contributed by atoms with Gasteiger partial charge in [0, 0.05) is 12.2 Å². The molecule has 3 aromatic rings. The molecule has 11 heteroatoms. The van der Waals surface area contributed by atoms with E-state index in [-0.39, 0.29) is 33.3 Å². The highest BCUT2D eigenvalue weighted by Crippen LogP contribution is 2.38. The topological polar surface area (TPSA) is 144 Å². The van der Waals surface area contributed by atoms with Crippen molar-refractivity contribution in [2.24, 2.45) is 5.92 Å². The summed E-state index contributed by atoms with van der Waals surface area (Å²) in [5.41, 5.74) is 0.799. The lowest BCUT2D eigenvalue weighted by Gasteiger charge is -2.33. The number of nitrogens with one attached hydrogen (secondary N) is 1. The third-order valence-electron chi connectivity index (χ3n) is 5.27. The van der Waals surface area contributed by atoms with Crippen LogP contribution in [0.2, 0.25) is 0 Å². The number of carboxylic acid groups (broad SMARTS) is 1. The van der Waals surface area contributed by atoms with E-state index in [0.717, 1.165) is 15.7 Å². The van der Waals surface area contributed by atoms with Crippen LogP contribution in [0.5, 0.6) is 0 Å². The zero-order valence-electron chi connectivity index (χ0n) is 15.8. The van der Waals surface area contributed by atoms with Gasteiger partial charge in [0.05, 0.1) is 21.1 Å². The zero-order chi connectivity index (χ0) is 21.6. The Balaban J connectivity index is 1.77. The van der Waals surface area contributed by atoms with Gasteiger partial charge in [-0.15, -0.1) is 0 Å². The Hall–Kier alpha value is -3.47. The number of hydrogen-bond acceptors (Lipinski definition) is 7. The molecule has 0 saturated heterocycles. The maximum absolute atomic E-state index is 13.1. The Kier molecular flexibility index (Phi) is 4.69. The highest BCUT2D eigenvalue weighted by molar-refractivity contribution is 7.90. The van der Waals surface area contributed by atoms with Crippen LogP contribution in [0.1, 0.15) is 18.4 Å². The molecule has 0 amide bonds. The number of rotatable bonds is 6. The Labute approximate surface area is 171 Å². The third kappa shape index (κ3) is 3.26. The molecule has 1 aromatic carbocycles. The molecule has 1 saturated carbocycles. The molecular weight excluding hydrogens is 412 g/mol. The molecule has 0 atom stereocenters. The molecule has 10 nitrogen and oxygen atoms in total. The third-order valence-corrected chi connectivity index (χ3v) is 6.95. The lowest BCUT2D eigenvalue weighted by atomic mass is 9.80. The van der Waals surface area contributed by atoms with Crippen LogP contribution in [0.15, 0.2) is 47.6 Å². The van der Waals surface area contributed by atoms with Gasteiger partial charge in [-0.2, -0.15) is 0 Å². The van der Waals surface area contributed by atoms with Crippen molar-refractivity contribution >= 4 is 38.4 Å². The van der Waals surface area contributed by atoms with Gasteiger partial charge in [-0.1, -0.05) is 17.7 Å². The minimum atomic E-state index is -3.95. The van der Waals surface area contributed by atoms with Crippen molar-refractivity contribution in [1.29, 1.82) is 0 Å². The SMILES string of the molecule is Cc1ccc(S(=O)(=O)n2ccc3c(NC4CC(C(=O)O)C4)c([N+](=O)[O-])cnc32)cc1. The molecule has 2 aromatic heterocycles. The molecule has 0 bridgehead atoms. The zero-order valence-corrected chi connectivity index (χ0v) is 16.7. The molecule has 156 valence electrons. The lowest BCUT2D eigenvalue weighted by molar-refractivity contribution is -0.384. The summed E-state index contributed by atoms with van der Waals surface area (Å²) < 4.78 is 27.1. The second kappa shape index (κ2) is 7.10. The fourth-order valence-electron chi connectivity index (χ4n) is 3.50. The van der Waals surface area contributed by atoms with Crippen LogP contribution in [0.25, 0.3) is 11.0 Å². The molecule has 1 fully saturated rings. The molecule has 2 N–H and O–H groups in total. The van der Waals surface area contributed by atoms with Crippen LogP contribution in [-0.4, -0.2) is 39.4 Å². The maximum atomic E-state index is 13.1. The van der Waals surface area contributed by atoms with Gasteiger partial charge in [-0.05, 0) is 38.0 Å². The number of nitro groups is 1. The van der Waals surface area contributed by atoms with Crippen LogP contribution in [0.3, 0.4) is 0 Å². The molecule has 0 radical (unpaired) electrons. The summed E-state index contributed by atoms with van der Waals surface area (Å²) in [6, 6.07) is 7.53. The molecule has 1 aliphatic carbocycles. The van der Waals surface area contributed by atoms with Gasteiger partial charge in [-0.3, -0.25) is 14.9 Å². The number of anilines is 1. The summed E-state index contributed by atoms with van der Waals surface area (Å²) >= 11 is 0. The van der Waals surface area contributed by atoms with E-state index >= 15 is 0 Å². The Morgan fingerprint density at radius 3 is 2.53 bits per heavy atom. The van der Waals surface area contributed by atoms with Gasteiger partial charge in [0.25, 0.3) is 10.0 Å². The van der Waals surface area contributed by atoms with Gasteiger partial charge < -0.3 is 10.4 Å². The number of benzene rings is 1. The highest BCUT2D eigenvalue weighted by Gasteiger charge is 2.36. The number of aryl methyl sites for hydroxylation is 1. The molecule has 0 aliphatic heterocycles. The number of carbonyl (C=O) groups is 1. The first-order valence-electron chi connectivity index (χ1n) is 9.14. The Morgan fingerprint density at radius 2 is 1.93 bits per heavy atom. The summed E-state index contributed by atoms with van der Waals surface area (Å²) in [5, 5.41) is 23.8. The fourth-order valence-corrected chi connectivity index (χ4v) is 4.80. The number of aromatic nitrogens is 2. The fraction of sp³-hybridized carbons (Fsp3) is 0.263. The first kappa shape index (κ1) is 19.8. The molecule has 0 spiro atoms. The van der Waals surface area contributed by atoms with E-state index in [1.807, 2.05) is 6.92 Å². The van der Waals surface area contributed by atoms with Crippen LogP contribution in [0.4, 0.5) is 11.4 Å². The van der Waals surface area contributed by atoms with Gasteiger partial charge in [0.15, 0.2) is 5.65 Å².